The molecule has 1 aromatic heterocycles. The standard InChI is InChI=1S/C33H33N3O6S/c1-5-6-17-41-26-16-13-23(18-27(26)40-4)29-28(31(38)32(39)36(29)33-35-34-21(3)43-33)30(37)22-11-14-25(15-12-22)42-19-24-10-8-7-9-20(24)2/h7-16,18,29,37H,5-6,17,19H2,1-4H3. The first-order valence-corrected chi connectivity index (χ1v) is 14.8. The number of nitrogens with zero attached hydrogens (tertiary/aromatic N) is 3. The van der Waals surface area contributed by atoms with E-state index in [9.17, 15) is 14.7 Å². The quantitative estimate of drug-likeness (QED) is 0.0895. The van der Waals surface area contributed by atoms with Crippen LogP contribution >= 0.6 is 11.3 Å². The van der Waals surface area contributed by atoms with Gasteiger partial charge < -0.3 is 19.3 Å². The van der Waals surface area contributed by atoms with Crippen LogP contribution in [-0.2, 0) is 16.2 Å². The molecule has 10 heteroatoms. The highest BCUT2D eigenvalue weighted by molar-refractivity contribution is 7.15. The van der Waals surface area contributed by atoms with Crippen molar-refractivity contribution in [3.05, 3.63) is 99.6 Å². The molecule has 0 saturated carbocycles. The van der Waals surface area contributed by atoms with Gasteiger partial charge in [0.25, 0.3) is 5.78 Å². The second-order valence-corrected chi connectivity index (χ2v) is 11.3. The van der Waals surface area contributed by atoms with Crippen LogP contribution in [0.15, 0.2) is 72.3 Å². The number of Topliss-reactive ketones (excluding diaryl/α,β-unsaturated/α-hetero) is 1. The predicted molar refractivity (Wildman–Crippen MR) is 165 cm³/mol. The summed E-state index contributed by atoms with van der Waals surface area (Å²) in [5.74, 6) is -0.336. The van der Waals surface area contributed by atoms with Crippen molar-refractivity contribution in [3.63, 3.8) is 0 Å². The van der Waals surface area contributed by atoms with Gasteiger partial charge in [-0.3, -0.25) is 14.5 Å². The van der Waals surface area contributed by atoms with Crippen molar-refractivity contribution in [1.82, 2.24) is 10.2 Å². The lowest BCUT2D eigenvalue weighted by atomic mass is 9.95. The molecule has 1 unspecified atom stereocenters. The number of aryl methyl sites for hydroxylation is 2. The zero-order valence-corrected chi connectivity index (χ0v) is 25.3. The molecule has 0 spiro atoms. The maximum Gasteiger partial charge on any atom is 0.301 e. The maximum absolute atomic E-state index is 13.5. The SMILES string of the molecule is CCCCOc1ccc(C2C(=C(O)c3ccc(OCc4ccccc4C)cc3)C(=O)C(=O)N2c2nnc(C)s2)cc1OC. The Labute approximate surface area is 254 Å². The van der Waals surface area contributed by atoms with E-state index in [0.29, 0.717) is 46.6 Å². The highest BCUT2D eigenvalue weighted by Gasteiger charge is 2.48. The Bertz CT molecular complexity index is 1660. The number of benzene rings is 3. The first-order chi connectivity index (χ1) is 20.8. The van der Waals surface area contributed by atoms with Crippen molar-refractivity contribution in [2.75, 3.05) is 18.6 Å². The summed E-state index contributed by atoms with van der Waals surface area (Å²) in [6.45, 7) is 6.79. The summed E-state index contributed by atoms with van der Waals surface area (Å²) in [4.78, 5) is 28.2. The lowest BCUT2D eigenvalue weighted by molar-refractivity contribution is -0.132. The van der Waals surface area contributed by atoms with E-state index < -0.39 is 17.7 Å². The third-order valence-corrected chi connectivity index (χ3v) is 8.05. The number of unbranched alkanes of at least 4 members (excludes halogenated alkanes) is 1. The number of hydrogen-bond acceptors (Lipinski definition) is 9. The number of hydrogen-bond donors (Lipinski definition) is 1. The number of rotatable bonds is 11. The van der Waals surface area contributed by atoms with Crippen LogP contribution in [0.3, 0.4) is 0 Å². The Morgan fingerprint density at radius 2 is 1.74 bits per heavy atom. The monoisotopic (exact) mass is 599 g/mol. The van der Waals surface area contributed by atoms with E-state index in [1.165, 1.54) is 23.3 Å². The van der Waals surface area contributed by atoms with Gasteiger partial charge in [-0.05, 0) is 73.4 Å². The van der Waals surface area contributed by atoms with E-state index in [1.807, 2.05) is 31.2 Å². The summed E-state index contributed by atoms with van der Waals surface area (Å²) in [5, 5.41) is 20.6. The number of aromatic nitrogens is 2. The van der Waals surface area contributed by atoms with Crippen molar-refractivity contribution in [2.24, 2.45) is 0 Å². The van der Waals surface area contributed by atoms with Crippen molar-refractivity contribution in [2.45, 2.75) is 46.3 Å². The van der Waals surface area contributed by atoms with Crippen LogP contribution in [0.1, 0.15) is 53.1 Å². The van der Waals surface area contributed by atoms with E-state index in [1.54, 1.807) is 49.4 Å². The molecule has 1 aliphatic heterocycles. The molecular weight excluding hydrogens is 566 g/mol. The van der Waals surface area contributed by atoms with Crippen molar-refractivity contribution >= 4 is 33.9 Å². The first-order valence-electron chi connectivity index (χ1n) is 14.0. The lowest BCUT2D eigenvalue weighted by Crippen LogP contribution is -2.29. The average molecular weight is 600 g/mol. The minimum Gasteiger partial charge on any atom is -0.507 e. The molecule has 1 fully saturated rings. The lowest BCUT2D eigenvalue weighted by Gasteiger charge is -2.23. The Morgan fingerprint density at radius 3 is 2.42 bits per heavy atom. The molecule has 1 atom stereocenters. The minimum absolute atomic E-state index is 0.0619. The summed E-state index contributed by atoms with van der Waals surface area (Å²) in [6, 6.07) is 19.0. The molecule has 3 aromatic carbocycles. The van der Waals surface area contributed by atoms with Crippen molar-refractivity contribution < 1.29 is 28.9 Å². The molecule has 4 aromatic rings. The number of aliphatic hydroxyl groups is 1. The largest absolute Gasteiger partial charge is 0.507 e. The van der Waals surface area contributed by atoms with Gasteiger partial charge in [0.1, 0.15) is 23.1 Å². The summed E-state index contributed by atoms with van der Waals surface area (Å²) in [6.07, 6.45) is 1.87. The molecule has 1 N–H and O–H groups in total. The average Bonchev–Trinajstić information content (AvgIpc) is 3.56. The Balaban J connectivity index is 1.52. The van der Waals surface area contributed by atoms with Crippen LogP contribution in [0.5, 0.6) is 17.2 Å². The van der Waals surface area contributed by atoms with Crippen LogP contribution in [0.2, 0.25) is 0 Å². The smallest absolute Gasteiger partial charge is 0.301 e. The molecule has 1 aliphatic rings. The maximum atomic E-state index is 13.5. The zero-order chi connectivity index (χ0) is 30.5. The van der Waals surface area contributed by atoms with Gasteiger partial charge in [0, 0.05) is 5.56 Å². The zero-order valence-electron chi connectivity index (χ0n) is 24.5. The van der Waals surface area contributed by atoms with E-state index in [0.717, 1.165) is 24.0 Å². The van der Waals surface area contributed by atoms with Gasteiger partial charge in [-0.2, -0.15) is 0 Å². The fourth-order valence-electron chi connectivity index (χ4n) is 4.83. The normalized spacial score (nSPS) is 16.0. The number of anilines is 1. The highest BCUT2D eigenvalue weighted by atomic mass is 32.1. The second kappa shape index (κ2) is 13.1. The van der Waals surface area contributed by atoms with Gasteiger partial charge >= 0.3 is 5.91 Å². The molecule has 1 saturated heterocycles. The second-order valence-electron chi connectivity index (χ2n) is 10.1. The number of methoxy groups -OCH3 is 1. The summed E-state index contributed by atoms with van der Waals surface area (Å²) in [7, 11) is 1.53. The molecule has 2 heterocycles. The summed E-state index contributed by atoms with van der Waals surface area (Å²) in [5.41, 5.74) is 3.05. The molecule has 0 aliphatic carbocycles. The molecule has 43 heavy (non-hydrogen) atoms. The highest BCUT2D eigenvalue weighted by Crippen LogP contribution is 2.44. The van der Waals surface area contributed by atoms with Gasteiger partial charge in [-0.15, -0.1) is 10.2 Å². The summed E-state index contributed by atoms with van der Waals surface area (Å²) >= 11 is 1.19. The van der Waals surface area contributed by atoms with Crippen LogP contribution in [0, 0.1) is 13.8 Å². The molecule has 9 nitrogen and oxygen atoms in total. The Kier molecular flexibility index (Phi) is 9.06. The van der Waals surface area contributed by atoms with Crippen molar-refractivity contribution in [3.8, 4) is 17.2 Å². The molecule has 1 amide bonds. The van der Waals surface area contributed by atoms with E-state index in [4.69, 9.17) is 14.2 Å². The molecule has 0 radical (unpaired) electrons. The van der Waals surface area contributed by atoms with E-state index >= 15 is 0 Å². The number of carbonyl (C=O) groups excluding carboxylic acids is 2. The number of amides is 1. The topological polar surface area (TPSA) is 111 Å². The van der Waals surface area contributed by atoms with E-state index in [2.05, 4.69) is 17.1 Å². The van der Waals surface area contributed by atoms with Crippen LogP contribution in [0.4, 0.5) is 5.13 Å². The van der Waals surface area contributed by atoms with Gasteiger partial charge in [-0.25, -0.2) is 0 Å². The molecular formula is C33H33N3O6S. The molecule has 5 rings (SSSR count). The third-order valence-electron chi connectivity index (χ3n) is 7.21. The van der Waals surface area contributed by atoms with Gasteiger partial charge in [0.15, 0.2) is 11.5 Å². The fraction of sp³-hybridized carbons (Fsp3) is 0.273. The van der Waals surface area contributed by atoms with Crippen molar-refractivity contribution in [1.29, 1.82) is 0 Å². The fourth-order valence-corrected chi connectivity index (χ4v) is 5.54. The predicted octanol–water partition coefficient (Wildman–Crippen LogP) is 6.55. The van der Waals surface area contributed by atoms with Crippen LogP contribution < -0.4 is 19.1 Å². The summed E-state index contributed by atoms with van der Waals surface area (Å²) < 4.78 is 17.4. The molecule has 222 valence electrons. The number of aliphatic hydroxyl groups excluding tert-OH is 1. The first kappa shape index (κ1) is 29.8. The van der Waals surface area contributed by atoms with Gasteiger partial charge in [0.05, 0.1) is 25.3 Å². The van der Waals surface area contributed by atoms with Crippen LogP contribution in [-0.4, -0.2) is 40.7 Å². The number of carbonyl (C=O) groups is 2. The minimum atomic E-state index is -0.970. The van der Waals surface area contributed by atoms with Gasteiger partial charge in [-0.1, -0.05) is 55.0 Å². The Hall–Kier alpha value is -4.70. The van der Waals surface area contributed by atoms with Crippen LogP contribution in [0.25, 0.3) is 5.76 Å². The van der Waals surface area contributed by atoms with E-state index in [-0.39, 0.29) is 16.5 Å². The number of ketones is 1. The number of ether oxygens (including phenoxy) is 3. The van der Waals surface area contributed by atoms with Gasteiger partial charge in [0.2, 0.25) is 5.13 Å². The Morgan fingerprint density at radius 1 is 0.977 bits per heavy atom. The third kappa shape index (κ3) is 6.24. The molecule has 0 bridgehead atoms.